The molecule has 0 spiro atoms. The van der Waals surface area contributed by atoms with Crippen LogP contribution in [-0.2, 0) is 4.79 Å². The molecule has 3 aromatic rings. The number of aromatic amines is 1. The number of carbonyl (C=O) groups excluding carboxylic acids is 1. The van der Waals surface area contributed by atoms with Gasteiger partial charge >= 0.3 is 0 Å². The highest BCUT2D eigenvalue weighted by atomic mass is 16.1. The number of imidazole rings is 1. The van der Waals surface area contributed by atoms with E-state index in [1.165, 1.54) is 0 Å². The first-order valence-corrected chi connectivity index (χ1v) is 9.85. The maximum absolute atomic E-state index is 13.1. The topological polar surface area (TPSA) is 144 Å². The molecule has 1 aliphatic rings. The summed E-state index contributed by atoms with van der Waals surface area (Å²) >= 11 is 0. The lowest BCUT2D eigenvalue weighted by Gasteiger charge is -2.29. The first-order valence-electron chi connectivity index (χ1n) is 9.85. The molecule has 4 rings (SSSR count). The van der Waals surface area contributed by atoms with Crippen molar-refractivity contribution in [3.8, 4) is 0 Å². The molecule has 5 N–H and O–H groups in total. The maximum atomic E-state index is 13.1. The highest BCUT2D eigenvalue weighted by molar-refractivity contribution is 6.33. The molecule has 0 bridgehead atoms. The van der Waals surface area contributed by atoms with Crippen molar-refractivity contribution in [3.05, 3.63) is 66.2 Å². The highest BCUT2D eigenvalue weighted by Crippen LogP contribution is 2.28. The van der Waals surface area contributed by atoms with Crippen LogP contribution in [-0.4, -0.2) is 43.6 Å². The van der Waals surface area contributed by atoms with Crippen LogP contribution in [0.1, 0.15) is 31.5 Å². The van der Waals surface area contributed by atoms with Gasteiger partial charge in [-0.25, -0.2) is 15.0 Å². The fourth-order valence-corrected chi connectivity index (χ4v) is 3.37. The Balaban J connectivity index is 1.87. The quantitative estimate of drug-likeness (QED) is 0.410. The molecular weight excluding hydrogens is 394 g/mol. The van der Waals surface area contributed by atoms with Crippen molar-refractivity contribution in [1.29, 1.82) is 5.41 Å². The van der Waals surface area contributed by atoms with Crippen LogP contribution in [0.3, 0.4) is 0 Å². The van der Waals surface area contributed by atoms with Gasteiger partial charge < -0.3 is 20.9 Å². The molecule has 31 heavy (non-hydrogen) atoms. The van der Waals surface area contributed by atoms with Crippen LogP contribution in [0, 0.1) is 11.3 Å². The molecular formula is C21H23N9O. The van der Waals surface area contributed by atoms with Gasteiger partial charge in [0.2, 0.25) is 0 Å². The summed E-state index contributed by atoms with van der Waals surface area (Å²) in [6.07, 6.45) is 8.19. The number of carbonyl (C=O) groups is 1. The van der Waals surface area contributed by atoms with E-state index < -0.39 is 0 Å². The summed E-state index contributed by atoms with van der Waals surface area (Å²) in [4.78, 5) is 33.6. The molecule has 1 amide bonds. The zero-order chi connectivity index (χ0) is 22.0. The first kappa shape index (κ1) is 20.2. The Morgan fingerprint density at radius 2 is 1.97 bits per heavy atom. The standard InChI is InChI=1S/C21H23N9O/c1-11(2)17(20-25-6-4-7-26-20)30-18-15(21(31)29-14(9-23-3)16(18)22)19-27-12-5-8-24-10-13(12)28-19/h4-11,17,22-23,30H,1-3H3,(H,27,28)(H,29,31)/b14-9+,22-16?/t17-/m0/s1. The second-order valence-corrected chi connectivity index (χ2v) is 7.38. The number of rotatable bonds is 6. The van der Waals surface area contributed by atoms with E-state index in [0.717, 1.165) is 5.52 Å². The average molecular weight is 417 g/mol. The van der Waals surface area contributed by atoms with Crippen LogP contribution >= 0.6 is 0 Å². The summed E-state index contributed by atoms with van der Waals surface area (Å²) < 4.78 is 0. The molecule has 0 saturated heterocycles. The molecule has 10 heteroatoms. The van der Waals surface area contributed by atoms with Crippen molar-refractivity contribution in [2.24, 2.45) is 5.92 Å². The van der Waals surface area contributed by atoms with Crippen molar-refractivity contribution in [2.45, 2.75) is 19.9 Å². The Bertz CT molecular complexity index is 1160. The molecule has 0 radical (unpaired) electrons. The van der Waals surface area contributed by atoms with E-state index in [1.807, 2.05) is 13.8 Å². The number of hydrogen-bond donors (Lipinski definition) is 5. The third-order valence-corrected chi connectivity index (χ3v) is 4.89. The Hall–Kier alpha value is -4.08. The minimum Gasteiger partial charge on any atom is -0.392 e. The van der Waals surface area contributed by atoms with E-state index in [2.05, 4.69) is 40.9 Å². The lowest BCUT2D eigenvalue weighted by atomic mass is 9.97. The van der Waals surface area contributed by atoms with Crippen molar-refractivity contribution in [2.75, 3.05) is 7.05 Å². The number of aromatic nitrogens is 5. The summed E-state index contributed by atoms with van der Waals surface area (Å²) in [6, 6.07) is 3.21. The lowest BCUT2D eigenvalue weighted by molar-refractivity contribution is -0.115. The number of H-pyrrole nitrogens is 1. The van der Waals surface area contributed by atoms with Crippen molar-refractivity contribution < 1.29 is 4.79 Å². The SMILES string of the molecule is CN/C=C1/NC(=O)C(c2nc3cnccc3[nH]2)=C(N[C@H](c2ncccn2)C(C)C)C1=N. The predicted octanol–water partition coefficient (Wildman–Crippen LogP) is 1.66. The highest BCUT2D eigenvalue weighted by Gasteiger charge is 2.33. The summed E-state index contributed by atoms with van der Waals surface area (Å²) in [5, 5.41) is 17.8. The Morgan fingerprint density at radius 1 is 1.19 bits per heavy atom. The van der Waals surface area contributed by atoms with E-state index in [4.69, 9.17) is 5.41 Å². The van der Waals surface area contributed by atoms with Crippen molar-refractivity contribution in [1.82, 2.24) is 40.9 Å². The van der Waals surface area contributed by atoms with Gasteiger partial charge in [0.25, 0.3) is 5.91 Å². The van der Waals surface area contributed by atoms with Gasteiger partial charge in [-0.15, -0.1) is 0 Å². The molecule has 0 unspecified atom stereocenters. The van der Waals surface area contributed by atoms with E-state index in [1.54, 1.807) is 50.2 Å². The smallest absolute Gasteiger partial charge is 0.261 e. The minimum atomic E-state index is -0.372. The molecule has 158 valence electrons. The van der Waals surface area contributed by atoms with Crippen LogP contribution in [0.15, 0.2) is 54.5 Å². The number of hydrogen-bond acceptors (Lipinski definition) is 8. The van der Waals surface area contributed by atoms with E-state index in [9.17, 15) is 4.79 Å². The van der Waals surface area contributed by atoms with E-state index in [0.29, 0.717) is 28.6 Å². The molecule has 10 nitrogen and oxygen atoms in total. The van der Waals surface area contributed by atoms with Gasteiger partial charge in [-0.1, -0.05) is 13.8 Å². The Morgan fingerprint density at radius 3 is 2.65 bits per heavy atom. The fourth-order valence-electron chi connectivity index (χ4n) is 3.37. The summed E-state index contributed by atoms with van der Waals surface area (Å²) in [6.45, 7) is 4.05. The van der Waals surface area contributed by atoms with Crippen LogP contribution in [0.25, 0.3) is 16.6 Å². The number of nitrogens with zero attached hydrogens (tertiary/aromatic N) is 4. The van der Waals surface area contributed by atoms with Crippen molar-refractivity contribution in [3.63, 3.8) is 0 Å². The Labute approximate surface area is 178 Å². The first-order chi connectivity index (χ1) is 15.0. The van der Waals surface area contributed by atoms with Crippen LogP contribution in [0.4, 0.5) is 0 Å². The molecule has 3 aromatic heterocycles. The monoisotopic (exact) mass is 417 g/mol. The zero-order valence-corrected chi connectivity index (χ0v) is 17.4. The Kier molecular flexibility index (Phi) is 5.44. The van der Waals surface area contributed by atoms with Gasteiger partial charge in [0.05, 0.1) is 29.1 Å². The third-order valence-electron chi connectivity index (χ3n) is 4.89. The summed E-state index contributed by atoms with van der Waals surface area (Å²) in [5.41, 5.74) is 2.46. The van der Waals surface area contributed by atoms with Crippen molar-refractivity contribution >= 4 is 28.2 Å². The predicted molar refractivity (Wildman–Crippen MR) is 117 cm³/mol. The number of amides is 1. The van der Waals surface area contributed by atoms with E-state index in [-0.39, 0.29) is 29.2 Å². The van der Waals surface area contributed by atoms with Gasteiger partial charge in [-0.2, -0.15) is 0 Å². The normalized spacial score (nSPS) is 16.7. The molecule has 4 heterocycles. The molecule has 1 aliphatic heterocycles. The summed E-state index contributed by atoms with van der Waals surface area (Å²) in [5.74, 6) is 0.651. The third kappa shape index (κ3) is 3.87. The lowest BCUT2D eigenvalue weighted by Crippen LogP contribution is -2.42. The fraction of sp³-hybridized carbons (Fsp3) is 0.238. The van der Waals surface area contributed by atoms with Gasteiger partial charge in [-0.3, -0.25) is 15.2 Å². The summed E-state index contributed by atoms with van der Waals surface area (Å²) in [7, 11) is 1.71. The number of fused-ring (bicyclic) bond motifs is 1. The molecule has 0 fully saturated rings. The molecule has 1 atom stereocenters. The van der Waals surface area contributed by atoms with Crippen LogP contribution < -0.4 is 16.0 Å². The largest absolute Gasteiger partial charge is 0.392 e. The minimum absolute atomic E-state index is 0.0885. The average Bonchev–Trinajstić information content (AvgIpc) is 3.19. The maximum Gasteiger partial charge on any atom is 0.261 e. The van der Waals surface area contributed by atoms with Gasteiger partial charge in [0, 0.05) is 31.8 Å². The molecule has 0 saturated carbocycles. The second kappa shape index (κ2) is 8.34. The molecule has 0 aromatic carbocycles. The van der Waals surface area contributed by atoms with E-state index >= 15 is 0 Å². The van der Waals surface area contributed by atoms with Gasteiger partial charge in [-0.05, 0) is 18.1 Å². The van der Waals surface area contributed by atoms with Crippen LogP contribution in [0.2, 0.25) is 0 Å². The molecule has 0 aliphatic carbocycles. The van der Waals surface area contributed by atoms with Crippen LogP contribution in [0.5, 0.6) is 0 Å². The number of pyridine rings is 1. The van der Waals surface area contributed by atoms with Gasteiger partial charge in [0.1, 0.15) is 22.6 Å². The second-order valence-electron chi connectivity index (χ2n) is 7.38. The number of nitrogens with one attached hydrogen (secondary N) is 5. The zero-order valence-electron chi connectivity index (χ0n) is 17.4. The van der Waals surface area contributed by atoms with Gasteiger partial charge in [0.15, 0.2) is 5.82 Å².